The number of carbonyl (C=O) groups is 1. The normalized spacial score (nSPS) is 13.5. The van der Waals surface area contributed by atoms with E-state index < -0.39 is 0 Å². The first-order valence-electron chi connectivity index (χ1n) is 9.24. The van der Waals surface area contributed by atoms with Crippen molar-refractivity contribution in [2.24, 2.45) is 4.99 Å². The number of rotatable bonds is 5. The van der Waals surface area contributed by atoms with Crippen LogP contribution in [0.4, 0.5) is 0 Å². The van der Waals surface area contributed by atoms with E-state index in [0.717, 1.165) is 10.2 Å². The second-order valence-electron chi connectivity index (χ2n) is 6.62. The standard InChI is InChI=1S/C21H22N2O4S/c1-4-25-8-7-23-16-9-13(2)14(3)10-19(16)28-21(23)22-20(24)15-5-6-17-18(11-15)27-12-26-17/h5-6,9-11H,4,7-8,12H2,1-3H3. The lowest BCUT2D eigenvalue weighted by Gasteiger charge is -2.07. The molecule has 0 N–H and O–H groups in total. The predicted octanol–water partition coefficient (Wildman–Crippen LogP) is 3.83. The van der Waals surface area contributed by atoms with Crippen molar-refractivity contribution in [1.82, 2.24) is 4.57 Å². The summed E-state index contributed by atoms with van der Waals surface area (Å²) in [6.07, 6.45) is 0. The summed E-state index contributed by atoms with van der Waals surface area (Å²) in [4.78, 5) is 17.9. The highest BCUT2D eigenvalue weighted by atomic mass is 32.1. The molecule has 4 rings (SSSR count). The van der Waals surface area contributed by atoms with Crippen LogP contribution in [0.5, 0.6) is 11.5 Å². The molecule has 0 atom stereocenters. The van der Waals surface area contributed by atoms with Gasteiger partial charge in [-0.3, -0.25) is 4.79 Å². The quantitative estimate of drug-likeness (QED) is 0.613. The molecule has 0 bridgehead atoms. The van der Waals surface area contributed by atoms with E-state index in [0.29, 0.717) is 41.6 Å². The molecule has 1 amide bonds. The van der Waals surface area contributed by atoms with Gasteiger partial charge in [-0.25, -0.2) is 0 Å². The van der Waals surface area contributed by atoms with E-state index in [9.17, 15) is 4.79 Å². The van der Waals surface area contributed by atoms with Crippen LogP contribution in [0.25, 0.3) is 10.2 Å². The molecule has 0 radical (unpaired) electrons. The summed E-state index contributed by atoms with van der Waals surface area (Å²) in [6, 6.07) is 9.44. The number of carbonyl (C=O) groups excluding carboxylic acids is 1. The second kappa shape index (κ2) is 7.77. The van der Waals surface area contributed by atoms with Gasteiger partial charge in [0.1, 0.15) is 0 Å². The van der Waals surface area contributed by atoms with E-state index in [1.165, 1.54) is 22.5 Å². The molecular weight excluding hydrogens is 376 g/mol. The van der Waals surface area contributed by atoms with E-state index in [1.807, 2.05) is 6.92 Å². The molecule has 28 heavy (non-hydrogen) atoms. The van der Waals surface area contributed by atoms with Crippen molar-refractivity contribution in [1.29, 1.82) is 0 Å². The van der Waals surface area contributed by atoms with E-state index in [1.54, 1.807) is 18.2 Å². The summed E-state index contributed by atoms with van der Waals surface area (Å²) in [7, 11) is 0. The average Bonchev–Trinajstić information content (AvgIpc) is 3.27. The Balaban J connectivity index is 1.77. The van der Waals surface area contributed by atoms with Crippen LogP contribution in [0.3, 0.4) is 0 Å². The highest BCUT2D eigenvalue weighted by molar-refractivity contribution is 7.16. The fourth-order valence-electron chi connectivity index (χ4n) is 3.10. The Kier molecular flexibility index (Phi) is 5.19. The molecule has 0 aliphatic carbocycles. The Morgan fingerprint density at radius 1 is 1.18 bits per heavy atom. The smallest absolute Gasteiger partial charge is 0.279 e. The van der Waals surface area contributed by atoms with Crippen molar-refractivity contribution in [2.75, 3.05) is 20.0 Å². The van der Waals surface area contributed by atoms with Crippen LogP contribution in [0, 0.1) is 13.8 Å². The lowest BCUT2D eigenvalue weighted by molar-refractivity contribution is 0.0996. The van der Waals surface area contributed by atoms with Gasteiger partial charge in [-0.2, -0.15) is 4.99 Å². The molecule has 1 aliphatic rings. The molecule has 3 aromatic rings. The van der Waals surface area contributed by atoms with Crippen LogP contribution in [0.1, 0.15) is 28.4 Å². The van der Waals surface area contributed by atoms with Gasteiger partial charge in [-0.1, -0.05) is 11.3 Å². The van der Waals surface area contributed by atoms with Gasteiger partial charge in [0, 0.05) is 18.7 Å². The van der Waals surface area contributed by atoms with Gasteiger partial charge in [-0.05, 0) is 62.2 Å². The van der Waals surface area contributed by atoms with Crippen molar-refractivity contribution in [2.45, 2.75) is 27.3 Å². The highest BCUT2D eigenvalue weighted by Crippen LogP contribution is 2.32. The van der Waals surface area contributed by atoms with Crippen molar-refractivity contribution in [3.8, 4) is 11.5 Å². The summed E-state index contributed by atoms with van der Waals surface area (Å²) in [5, 5.41) is 0. The van der Waals surface area contributed by atoms with Gasteiger partial charge in [0.05, 0.1) is 16.8 Å². The SMILES string of the molecule is CCOCCn1c(=NC(=O)c2ccc3c(c2)OCO3)sc2cc(C)c(C)cc21. The summed E-state index contributed by atoms with van der Waals surface area (Å²) in [6.45, 7) is 8.20. The zero-order chi connectivity index (χ0) is 19.7. The van der Waals surface area contributed by atoms with Crippen LogP contribution >= 0.6 is 11.3 Å². The maximum absolute atomic E-state index is 12.8. The number of hydrogen-bond acceptors (Lipinski definition) is 5. The topological polar surface area (TPSA) is 62.1 Å². The number of ether oxygens (including phenoxy) is 3. The number of thiazole rings is 1. The molecule has 2 aromatic carbocycles. The lowest BCUT2D eigenvalue weighted by Crippen LogP contribution is -2.19. The molecule has 0 unspecified atom stereocenters. The molecule has 0 fully saturated rings. The Bertz CT molecular complexity index is 1110. The fraction of sp³-hybridized carbons (Fsp3) is 0.333. The van der Waals surface area contributed by atoms with Crippen molar-refractivity contribution >= 4 is 27.5 Å². The van der Waals surface area contributed by atoms with E-state index >= 15 is 0 Å². The van der Waals surface area contributed by atoms with E-state index in [4.69, 9.17) is 14.2 Å². The third-order valence-electron chi connectivity index (χ3n) is 4.78. The minimum Gasteiger partial charge on any atom is -0.454 e. The first kappa shape index (κ1) is 18.7. The van der Waals surface area contributed by atoms with E-state index in [2.05, 4.69) is 35.5 Å². The maximum atomic E-state index is 12.8. The Labute approximate surface area is 167 Å². The number of hydrogen-bond donors (Lipinski definition) is 0. The summed E-state index contributed by atoms with van der Waals surface area (Å²) >= 11 is 1.52. The minimum atomic E-state index is -0.302. The third kappa shape index (κ3) is 3.55. The van der Waals surface area contributed by atoms with Crippen LogP contribution in [0.15, 0.2) is 35.3 Å². The van der Waals surface area contributed by atoms with Gasteiger partial charge in [0.15, 0.2) is 16.3 Å². The van der Waals surface area contributed by atoms with Crippen LogP contribution in [-0.4, -0.2) is 30.5 Å². The van der Waals surface area contributed by atoms with Gasteiger partial charge < -0.3 is 18.8 Å². The van der Waals surface area contributed by atoms with Crippen LogP contribution < -0.4 is 14.3 Å². The number of fused-ring (bicyclic) bond motifs is 2. The Morgan fingerprint density at radius 3 is 2.79 bits per heavy atom. The fourth-order valence-corrected chi connectivity index (χ4v) is 4.24. The minimum absolute atomic E-state index is 0.177. The maximum Gasteiger partial charge on any atom is 0.279 e. The molecule has 2 heterocycles. The van der Waals surface area contributed by atoms with Crippen LogP contribution in [0.2, 0.25) is 0 Å². The van der Waals surface area contributed by atoms with Crippen molar-refractivity contribution in [3.05, 3.63) is 51.8 Å². The Hall–Kier alpha value is -2.64. The molecule has 1 aliphatic heterocycles. The summed E-state index contributed by atoms with van der Waals surface area (Å²) in [5.74, 6) is 0.924. The second-order valence-corrected chi connectivity index (χ2v) is 7.63. The third-order valence-corrected chi connectivity index (χ3v) is 5.82. The van der Waals surface area contributed by atoms with Crippen molar-refractivity contribution in [3.63, 3.8) is 0 Å². The zero-order valence-corrected chi connectivity index (χ0v) is 17.0. The number of nitrogens with zero attached hydrogens (tertiary/aromatic N) is 2. The molecule has 7 heteroatoms. The molecule has 6 nitrogen and oxygen atoms in total. The molecule has 1 aromatic heterocycles. The first-order valence-corrected chi connectivity index (χ1v) is 10.1. The predicted molar refractivity (Wildman–Crippen MR) is 108 cm³/mol. The monoisotopic (exact) mass is 398 g/mol. The number of amides is 1. The van der Waals surface area contributed by atoms with Crippen molar-refractivity contribution < 1.29 is 19.0 Å². The summed E-state index contributed by atoms with van der Waals surface area (Å²) < 4.78 is 19.4. The zero-order valence-electron chi connectivity index (χ0n) is 16.2. The lowest BCUT2D eigenvalue weighted by atomic mass is 10.1. The van der Waals surface area contributed by atoms with E-state index in [-0.39, 0.29) is 12.7 Å². The number of aryl methyl sites for hydroxylation is 2. The average molecular weight is 398 g/mol. The molecular formula is C21H22N2O4S. The van der Waals surface area contributed by atoms with Gasteiger partial charge >= 0.3 is 0 Å². The highest BCUT2D eigenvalue weighted by Gasteiger charge is 2.16. The molecule has 0 saturated carbocycles. The Morgan fingerprint density at radius 2 is 1.96 bits per heavy atom. The molecule has 146 valence electrons. The first-order chi connectivity index (χ1) is 13.6. The molecule has 0 spiro atoms. The van der Waals surface area contributed by atoms with Gasteiger partial charge in [0.2, 0.25) is 6.79 Å². The summed E-state index contributed by atoms with van der Waals surface area (Å²) in [5.41, 5.74) is 3.99. The molecule has 0 saturated heterocycles. The largest absolute Gasteiger partial charge is 0.454 e. The van der Waals surface area contributed by atoms with Crippen LogP contribution in [-0.2, 0) is 11.3 Å². The number of benzene rings is 2. The number of aromatic nitrogens is 1. The van der Waals surface area contributed by atoms with Gasteiger partial charge in [0.25, 0.3) is 5.91 Å². The van der Waals surface area contributed by atoms with Gasteiger partial charge in [-0.15, -0.1) is 0 Å².